The zero-order valence-electron chi connectivity index (χ0n) is 19.7. The Balaban J connectivity index is 1.35. The van der Waals surface area contributed by atoms with Crippen molar-refractivity contribution in [2.45, 2.75) is 39.8 Å². The van der Waals surface area contributed by atoms with E-state index in [0.29, 0.717) is 31.7 Å². The molecule has 0 unspecified atom stereocenters. The molecule has 1 N–H and O–H groups in total. The third-order valence-corrected chi connectivity index (χ3v) is 5.64. The van der Waals surface area contributed by atoms with Gasteiger partial charge in [-0.2, -0.15) is 0 Å². The van der Waals surface area contributed by atoms with Crippen LogP contribution in [-0.4, -0.2) is 58.2 Å². The molecule has 1 saturated heterocycles. The van der Waals surface area contributed by atoms with Gasteiger partial charge in [0.25, 0.3) is 5.91 Å². The van der Waals surface area contributed by atoms with E-state index in [2.05, 4.69) is 32.8 Å². The molecule has 4 rings (SSSR count). The van der Waals surface area contributed by atoms with E-state index in [1.54, 1.807) is 17.2 Å². The van der Waals surface area contributed by atoms with Crippen LogP contribution in [0.1, 0.15) is 38.1 Å². The minimum atomic E-state index is -0.502. The Morgan fingerprint density at radius 2 is 1.82 bits per heavy atom. The lowest BCUT2D eigenvalue weighted by Crippen LogP contribution is -2.50. The fraction of sp³-hybridized carbons (Fsp3) is 0.400. The van der Waals surface area contributed by atoms with Crippen molar-refractivity contribution in [2.75, 3.05) is 36.4 Å². The predicted molar refractivity (Wildman–Crippen MR) is 130 cm³/mol. The van der Waals surface area contributed by atoms with E-state index in [4.69, 9.17) is 4.74 Å². The van der Waals surface area contributed by atoms with Gasteiger partial charge in [-0.25, -0.2) is 9.78 Å². The quantitative estimate of drug-likeness (QED) is 0.640. The van der Waals surface area contributed by atoms with Gasteiger partial charge in [0.1, 0.15) is 11.4 Å². The first-order chi connectivity index (χ1) is 15.7. The molecule has 8 nitrogen and oxygen atoms in total. The highest BCUT2D eigenvalue weighted by Gasteiger charge is 2.26. The van der Waals surface area contributed by atoms with Crippen molar-refractivity contribution in [2.24, 2.45) is 0 Å². The number of anilines is 2. The zero-order chi connectivity index (χ0) is 23.6. The molecule has 1 aromatic carbocycles. The minimum absolute atomic E-state index is 0.197. The van der Waals surface area contributed by atoms with Gasteiger partial charge in [-0.15, -0.1) is 0 Å². The second-order valence-corrected chi connectivity index (χ2v) is 9.19. The highest BCUT2D eigenvalue weighted by molar-refractivity contribution is 6.05. The third kappa shape index (κ3) is 5.27. The zero-order valence-corrected chi connectivity index (χ0v) is 19.7. The second kappa shape index (κ2) is 9.13. The molecule has 2 amide bonds. The summed E-state index contributed by atoms with van der Waals surface area (Å²) in [6, 6.07) is 11.6. The van der Waals surface area contributed by atoms with Gasteiger partial charge in [-0.05, 0) is 63.4 Å². The number of amides is 2. The molecule has 0 saturated carbocycles. The third-order valence-electron chi connectivity index (χ3n) is 5.64. The van der Waals surface area contributed by atoms with E-state index in [1.165, 1.54) is 0 Å². The Labute approximate surface area is 194 Å². The van der Waals surface area contributed by atoms with Crippen LogP contribution in [0.15, 0.2) is 48.8 Å². The van der Waals surface area contributed by atoms with Crippen LogP contribution in [0.4, 0.5) is 16.3 Å². The highest BCUT2D eigenvalue weighted by atomic mass is 16.6. The maximum atomic E-state index is 12.7. The SMILES string of the molecule is CCn1ccc2ccc(NC(=O)c3ccc(N4CCN(C(=O)OC(C)(C)C)CC4)nc3)cc21. The van der Waals surface area contributed by atoms with Crippen molar-refractivity contribution >= 4 is 34.4 Å². The van der Waals surface area contributed by atoms with Crippen LogP contribution < -0.4 is 10.2 Å². The van der Waals surface area contributed by atoms with E-state index >= 15 is 0 Å². The van der Waals surface area contributed by atoms with E-state index in [0.717, 1.165) is 29.0 Å². The number of aromatic nitrogens is 2. The first kappa shape index (κ1) is 22.6. The molecular formula is C25H31N5O3. The lowest BCUT2D eigenvalue weighted by atomic mass is 10.2. The summed E-state index contributed by atoms with van der Waals surface area (Å²) in [7, 11) is 0. The molecular weight excluding hydrogens is 418 g/mol. The molecule has 0 aliphatic carbocycles. The number of fused-ring (bicyclic) bond motifs is 1. The van der Waals surface area contributed by atoms with E-state index < -0.39 is 5.60 Å². The predicted octanol–water partition coefficient (Wildman–Crippen LogP) is 4.37. The van der Waals surface area contributed by atoms with Crippen LogP contribution in [0.5, 0.6) is 0 Å². The summed E-state index contributed by atoms with van der Waals surface area (Å²) < 4.78 is 7.59. The van der Waals surface area contributed by atoms with Crippen LogP contribution in [0.25, 0.3) is 10.9 Å². The van der Waals surface area contributed by atoms with E-state index in [1.807, 2.05) is 51.2 Å². The van der Waals surface area contributed by atoms with Crippen molar-refractivity contribution in [3.8, 4) is 0 Å². The fourth-order valence-electron chi connectivity index (χ4n) is 3.89. The maximum Gasteiger partial charge on any atom is 0.410 e. The molecule has 1 aliphatic rings. The Bertz CT molecular complexity index is 1140. The number of aryl methyl sites for hydroxylation is 1. The Kier molecular flexibility index (Phi) is 6.26. The monoisotopic (exact) mass is 449 g/mol. The topological polar surface area (TPSA) is 79.7 Å². The van der Waals surface area contributed by atoms with Gasteiger partial charge in [0, 0.05) is 50.8 Å². The van der Waals surface area contributed by atoms with Gasteiger partial charge in [0.15, 0.2) is 0 Å². The molecule has 1 fully saturated rings. The van der Waals surface area contributed by atoms with Crippen molar-refractivity contribution in [1.82, 2.24) is 14.5 Å². The molecule has 2 aromatic heterocycles. The summed E-state index contributed by atoms with van der Waals surface area (Å²) in [6.07, 6.45) is 3.36. The average molecular weight is 450 g/mol. The smallest absolute Gasteiger partial charge is 0.410 e. The van der Waals surface area contributed by atoms with Crippen LogP contribution in [0.2, 0.25) is 0 Å². The number of piperazine rings is 1. The fourth-order valence-corrected chi connectivity index (χ4v) is 3.89. The maximum absolute atomic E-state index is 12.7. The molecule has 0 bridgehead atoms. The van der Waals surface area contributed by atoms with Crippen LogP contribution in [-0.2, 0) is 11.3 Å². The highest BCUT2D eigenvalue weighted by Crippen LogP contribution is 2.22. The number of hydrogen-bond donors (Lipinski definition) is 1. The number of hydrogen-bond acceptors (Lipinski definition) is 5. The van der Waals surface area contributed by atoms with Crippen molar-refractivity contribution in [3.05, 3.63) is 54.4 Å². The Morgan fingerprint density at radius 3 is 2.45 bits per heavy atom. The Morgan fingerprint density at radius 1 is 1.06 bits per heavy atom. The standard InChI is InChI=1S/C25H31N5O3/c1-5-28-11-10-18-6-8-20(16-21(18)28)27-23(31)19-7-9-22(26-17-19)29-12-14-30(15-13-29)24(32)33-25(2,3)4/h6-11,16-17H,5,12-15H2,1-4H3,(H,27,31). The van der Waals surface area contributed by atoms with Crippen LogP contribution >= 0.6 is 0 Å². The van der Waals surface area contributed by atoms with Crippen molar-refractivity contribution in [1.29, 1.82) is 0 Å². The lowest BCUT2D eigenvalue weighted by Gasteiger charge is -2.36. The first-order valence-electron chi connectivity index (χ1n) is 11.3. The number of nitrogens with one attached hydrogen (secondary N) is 1. The Hall–Kier alpha value is -3.55. The minimum Gasteiger partial charge on any atom is -0.444 e. The van der Waals surface area contributed by atoms with Crippen molar-refractivity contribution < 1.29 is 14.3 Å². The summed E-state index contributed by atoms with van der Waals surface area (Å²) in [5, 5.41) is 4.11. The molecule has 3 aromatic rings. The summed E-state index contributed by atoms with van der Waals surface area (Å²) in [6.45, 7) is 11.0. The van der Waals surface area contributed by atoms with Crippen LogP contribution in [0.3, 0.4) is 0 Å². The van der Waals surface area contributed by atoms with Gasteiger partial charge in [-0.3, -0.25) is 4.79 Å². The molecule has 1 aliphatic heterocycles. The number of rotatable bonds is 4. The average Bonchev–Trinajstić information content (AvgIpc) is 3.20. The van der Waals surface area contributed by atoms with E-state index in [9.17, 15) is 9.59 Å². The van der Waals surface area contributed by atoms with Crippen molar-refractivity contribution in [3.63, 3.8) is 0 Å². The number of carbonyl (C=O) groups is 2. The van der Waals surface area contributed by atoms with Crippen LogP contribution in [0, 0.1) is 0 Å². The number of benzene rings is 1. The summed E-state index contributed by atoms with van der Waals surface area (Å²) in [4.78, 5) is 33.3. The molecule has 33 heavy (non-hydrogen) atoms. The van der Waals surface area contributed by atoms with Gasteiger partial charge >= 0.3 is 6.09 Å². The number of nitrogens with zero attached hydrogens (tertiary/aromatic N) is 4. The first-order valence-corrected chi connectivity index (χ1v) is 11.3. The van der Waals surface area contributed by atoms with Gasteiger partial charge in [0.05, 0.1) is 11.1 Å². The summed E-state index contributed by atoms with van der Waals surface area (Å²) in [5.74, 6) is 0.593. The largest absolute Gasteiger partial charge is 0.444 e. The molecule has 0 radical (unpaired) electrons. The molecule has 8 heteroatoms. The van der Waals surface area contributed by atoms with E-state index in [-0.39, 0.29) is 12.0 Å². The normalized spacial score (nSPS) is 14.4. The summed E-state index contributed by atoms with van der Waals surface area (Å²) >= 11 is 0. The molecule has 0 spiro atoms. The van der Waals surface area contributed by atoms with Gasteiger partial charge in [0.2, 0.25) is 0 Å². The molecule has 174 valence electrons. The summed E-state index contributed by atoms with van der Waals surface area (Å²) in [5.41, 5.74) is 1.84. The van der Waals surface area contributed by atoms with Gasteiger partial charge < -0.3 is 24.4 Å². The number of carbonyl (C=O) groups excluding carboxylic acids is 2. The van der Waals surface area contributed by atoms with Gasteiger partial charge in [-0.1, -0.05) is 6.07 Å². The second-order valence-electron chi connectivity index (χ2n) is 9.19. The number of ether oxygens (including phenoxy) is 1. The molecule has 3 heterocycles. The lowest BCUT2D eigenvalue weighted by molar-refractivity contribution is 0.0240. The number of pyridine rings is 1. The molecule has 0 atom stereocenters.